The number of likely N-dealkylation sites (tertiary alicyclic amines) is 1. The monoisotopic (exact) mass is 376 g/mol. The van der Waals surface area contributed by atoms with Gasteiger partial charge in [-0.15, -0.1) is 0 Å². The van der Waals surface area contributed by atoms with E-state index in [1.807, 2.05) is 0 Å². The average molecular weight is 376 g/mol. The minimum atomic E-state index is -5.02. The number of carbonyl (C=O) groups is 3. The first kappa shape index (κ1) is 17.4. The molecule has 2 aliphatic heterocycles. The summed E-state index contributed by atoms with van der Waals surface area (Å²) in [7, 11) is -3.89. The second-order valence-electron chi connectivity index (χ2n) is 5.76. The van der Waals surface area contributed by atoms with Crippen molar-refractivity contribution in [3.63, 3.8) is 0 Å². The van der Waals surface area contributed by atoms with E-state index < -0.39 is 61.9 Å². The highest BCUT2D eigenvalue weighted by Gasteiger charge is 2.67. The van der Waals surface area contributed by atoms with Crippen molar-refractivity contribution in [3.05, 3.63) is 29.3 Å². The zero-order valence-electron chi connectivity index (χ0n) is 12.9. The molecule has 1 unspecified atom stereocenters. The number of sulfonamides is 1. The number of hydrogen-bond donors (Lipinski definition) is 0. The number of amides is 3. The zero-order valence-corrected chi connectivity index (χ0v) is 13.7. The fourth-order valence-electron chi connectivity index (χ4n) is 3.38. The van der Waals surface area contributed by atoms with Crippen LogP contribution in [0.5, 0.6) is 0 Å². The van der Waals surface area contributed by atoms with E-state index in [0.717, 1.165) is 26.1 Å². The number of benzene rings is 1. The Labute approximate surface area is 140 Å². The third kappa shape index (κ3) is 1.98. The Kier molecular flexibility index (Phi) is 3.35. The van der Waals surface area contributed by atoms with Crippen LogP contribution in [0.1, 0.15) is 24.5 Å². The first-order chi connectivity index (χ1) is 11.4. The molecule has 0 aromatic heterocycles. The van der Waals surface area contributed by atoms with Crippen molar-refractivity contribution in [1.29, 1.82) is 0 Å². The second kappa shape index (κ2) is 4.81. The summed E-state index contributed by atoms with van der Waals surface area (Å²) in [5.41, 5.74) is -4.31. The van der Waals surface area contributed by atoms with E-state index in [1.54, 1.807) is 0 Å². The number of nitrogens with zero attached hydrogens (tertiary/aromatic N) is 2. The van der Waals surface area contributed by atoms with Crippen LogP contribution in [0.15, 0.2) is 23.1 Å². The normalized spacial score (nSPS) is 25.0. The van der Waals surface area contributed by atoms with E-state index in [4.69, 9.17) is 0 Å². The average Bonchev–Trinajstić information content (AvgIpc) is 2.82. The van der Waals surface area contributed by atoms with Gasteiger partial charge in [0.25, 0.3) is 15.9 Å². The van der Waals surface area contributed by atoms with Crippen molar-refractivity contribution in [1.82, 2.24) is 9.21 Å². The summed E-state index contributed by atoms with van der Waals surface area (Å²) in [4.78, 5) is 36.0. The van der Waals surface area contributed by atoms with Crippen molar-refractivity contribution in [2.45, 2.75) is 30.0 Å². The van der Waals surface area contributed by atoms with E-state index in [1.165, 1.54) is 0 Å². The summed E-state index contributed by atoms with van der Waals surface area (Å²) < 4.78 is 65.5. The number of fused-ring (bicyclic) bond motifs is 2. The maximum absolute atomic E-state index is 13.3. The Morgan fingerprint density at radius 2 is 1.84 bits per heavy atom. The summed E-state index contributed by atoms with van der Waals surface area (Å²) in [6, 6.07) is 2.52. The van der Waals surface area contributed by atoms with Crippen LogP contribution in [0.4, 0.5) is 13.2 Å². The van der Waals surface area contributed by atoms with Gasteiger partial charge in [-0.2, -0.15) is 13.2 Å². The van der Waals surface area contributed by atoms with Gasteiger partial charge in [0.15, 0.2) is 5.54 Å². The molecule has 11 heteroatoms. The number of imide groups is 1. The quantitative estimate of drug-likeness (QED) is 0.626. The Bertz CT molecular complexity index is 940. The molecule has 1 aromatic rings. The highest BCUT2D eigenvalue weighted by atomic mass is 32.2. The van der Waals surface area contributed by atoms with Gasteiger partial charge in [-0.25, -0.2) is 12.7 Å². The molecule has 1 spiro atoms. The van der Waals surface area contributed by atoms with Crippen molar-refractivity contribution >= 4 is 27.7 Å². The lowest BCUT2D eigenvalue weighted by molar-refractivity contribution is -0.144. The van der Waals surface area contributed by atoms with Crippen LogP contribution >= 0.6 is 0 Å². The highest BCUT2D eigenvalue weighted by Crippen LogP contribution is 2.53. The Balaban J connectivity index is 2.47. The zero-order chi connectivity index (χ0) is 18.9. The van der Waals surface area contributed by atoms with Gasteiger partial charge in [0.1, 0.15) is 4.90 Å². The van der Waals surface area contributed by atoms with E-state index in [2.05, 4.69) is 0 Å². The minimum Gasteiger partial charge on any atom is -0.283 e. The van der Waals surface area contributed by atoms with E-state index in [9.17, 15) is 36.0 Å². The summed E-state index contributed by atoms with van der Waals surface area (Å²) in [6.45, 7) is 0.814. The minimum absolute atomic E-state index is 0.101. The van der Waals surface area contributed by atoms with Crippen LogP contribution in [0.25, 0.3) is 0 Å². The molecule has 1 saturated heterocycles. The smallest absolute Gasteiger partial charge is 0.283 e. The predicted octanol–water partition coefficient (Wildman–Crippen LogP) is 0.840. The van der Waals surface area contributed by atoms with Gasteiger partial charge in [-0.1, -0.05) is 12.1 Å². The highest BCUT2D eigenvalue weighted by molar-refractivity contribution is 7.90. The van der Waals surface area contributed by atoms with Gasteiger partial charge in [-0.05, 0) is 6.07 Å². The number of alkyl halides is 3. The molecule has 1 aromatic carbocycles. The first-order valence-corrected chi connectivity index (χ1v) is 8.38. The molecule has 3 amide bonds. The SMILES string of the molecule is CC(=O)N1C2(CC(=O)N(C)C2=O)c2cccc(C(F)(F)F)c2S1(=O)=O. The number of halogens is 3. The summed E-state index contributed by atoms with van der Waals surface area (Å²) in [5.74, 6) is -3.01. The predicted molar refractivity (Wildman–Crippen MR) is 75.2 cm³/mol. The Hall–Kier alpha value is -2.43. The summed E-state index contributed by atoms with van der Waals surface area (Å²) in [5, 5.41) is 0. The molecule has 0 saturated carbocycles. The summed E-state index contributed by atoms with van der Waals surface area (Å²) in [6.07, 6.45) is -5.76. The molecule has 7 nitrogen and oxygen atoms in total. The topological polar surface area (TPSA) is 91.8 Å². The number of hydrogen-bond acceptors (Lipinski definition) is 5. The van der Waals surface area contributed by atoms with Crippen LogP contribution < -0.4 is 0 Å². The molecule has 0 bridgehead atoms. The van der Waals surface area contributed by atoms with Crippen LogP contribution in [0.3, 0.4) is 0 Å². The van der Waals surface area contributed by atoms with Gasteiger partial charge in [0, 0.05) is 19.5 Å². The molecular formula is C14H11F3N2O5S. The lowest BCUT2D eigenvalue weighted by Gasteiger charge is -2.30. The maximum atomic E-state index is 13.3. The molecule has 1 atom stereocenters. The van der Waals surface area contributed by atoms with Gasteiger partial charge in [-0.3, -0.25) is 19.3 Å². The lowest BCUT2D eigenvalue weighted by Crippen LogP contribution is -2.51. The van der Waals surface area contributed by atoms with Crippen molar-refractivity contribution in [2.24, 2.45) is 0 Å². The van der Waals surface area contributed by atoms with Gasteiger partial charge < -0.3 is 0 Å². The largest absolute Gasteiger partial charge is 0.417 e. The van der Waals surface area contributed by atoms with E-state index in [0.29, 0.717) is 11.0 Å². The Morgan fingerprint density at radius 3 is 2.28 bits per heavy atom. The summed E-state index contributed by atoms with van der Waals surface area (Å²) >= 11 is 0. The molecular weight excluding hydrogens is 365 g/mol. The third-order valence-electron chi connectivity index (χ3n) is 4.34. The molecule has 3 rings (SSSR count). The fourth-order valence-corrected chi connectivity index (χ4v) is 5.53. The molecule has 134 valence electrons. The molecule has 0 radical (unpaired) electrons. The van der Waals surface area contributed by atoms with Gasteiger partial charge in [0.2, 0.25) is 11.8 Å². The molecule has 0 aliphatic carbocycles. The van der Waals surface area contributed by atoms with Crippen LogP contribution in [0.2, 0.25) is 0 Å². The third-order valence-corrected chi connectivity index (χ3v) is 6.34. The second-order valence-corrected chi connectivity index (χ2v) is 7.49. The lowest BCUT2D eigenvalue weighted by atomic mass is 9.86. The van der Waals surface area contributed by atoms with Gasteiger partial charge in [0.05, 0.1) is 12.0 Å². The molecule has 1 fully saturated rings. The number of likely N-dealkylation sites (N-methyl/N-ethyl adjacent to an activating group) is 1. The maximum Gasteiger partial charge on any atom is 0.417 e. The van der Waals surface area contributed by atoms with E-state index >= 15 is 0 Å². The Morgan fingerprint density at radius 1 is 1.24 bits per heavy atom. The van der Waals surface area contributed by atoms with Gasteiger partial charge >= 0.3 is 6.18 Å². The molecule has 0 N–H and O–H groups in total. The van der Waals surface area contributed by atoms with Crippen molar-refractivity contribution < 1.29 is 36.0 Å². The molecule has 25 heavy (non-hydrogen) atoms. The standard InChI is InChI=1S/C14H11F3N2O5S/c1-7(20)19-13(6-10(21)18(2)12(13)22)8-4-3-5-9(14(15,16)17)11(8)25(19,23)24/h3-5H,6H2,1-2H3. The van der Waals surface area contributed by atoms with Crippen LogP contribution in [-0.2, 0) is 36.1 Å². The van der Waals surface area contributed by atoms with Crippen molar-refractivity contribution in [3.8, 4) is 0 Å². The van der Waals surface area contributed by atoms with Crippen molar-refractivity contribution in [2.75, 3.05) is 7.05 Å². The molecule has 2 heterocycles. The van der Waals surface area contributed by atoms with E-state index in [-0.39, 0.29) is 4.31 Å². The first-order valence-electron chi connectivity index (χ1n) is 6.94. The molecule has 2 aliphatic rings. The fraction of sp³-hybridized carbons (Fsp3) is 0.357. The van der Waals surface area contributed by atoms with Crippen LogP contribution in [0, 0.1) is 0 Å². The number of rotatable bonds is 0. The van der Waals surface area contributed by atoms with Crippen LogP contribution in [-0.4, -0.2) is 42.4 Å². The number of carbonyl (C=O) groups excluding carboxylic acids is 3.